The summed E-state index contributed by atoms with van der Waals surface area (Å²) in [5.74, 6) is 0.311. The molecule has 0 aromatic rings. The molecular formula is C11H18N2O2. The molecule has 0 aromatic heterocycles. The van der Waals surface area contributed by atoms with Crippen molar-refractivity contribution >= 4 is 5.91 Å². The number of hydrogen-bond donors (Lipinski definition) is 1. The Morgan fingerprint density at radius 2 is 2.33 bits per heavy atom. The molecule has 1 spiro atoms. The molecule has 84 valence electrons. The first-order valence-corrected chi connectivity index (χ1v) is 5.91. The minimum Gasteiger partial charge on any atom is -0.379 e. The molecule has 1 saturated carbocycles. The molecule has 4 heteroatoms. The third-order valence-electron chi connectivity index (χ3n) is 3.83. The smallest absolute Gasteiger partial charge is 0.244 e. The van der Waals surface area contributed by atoms with Crippen molar-refractivity contribution in [3.05, 3.63) is 0 Å². The fraction of sp³-hybridized carbons (Fsp3) is 0.909. The number of ether oxygens (including phenoxy) is 1. The molecule has 1 N–H and O–H groups in total. The molecule has 0 bridgehead atoms. The van der Waals surface area contributed by atoms with Gasteiger partial charge in [0.15, 0.2) is 0 Å². The zero-order valence-electron chi connectivity index (χ0n) is 9.16. The third kappa shape index (κ3) is 1.39. The fourth-order valence-corrected chi connectivity index (χ4v) is 2.86. The van der Waals surface area contributed by atoms with Crippen LogP contribution in [0.5, 0.6) is 0 Å². The summed E-state index contributed by atoms with van der Waals surface area (Å²) in [5, 5.41) is 3.42. The topological polar surface area (TPSA) is 41.6 Å². The predicted molar refractivity (Wildman–Crippen MR) is 55.2 cm³/mol. The quantitative estimate of drug-likeness (QED) is 0.684. The van der Waals surface area contributed by atoms with Crippen molar-refractivity contribution in [1.29, 1.82) is 0 Å². The van der Waals surface area contributed by atoms with Crippen LogP contribution in [0.4, 0.5) is 0 Å². The Bertz CT molecular complexity index is 282. The van der Waals surface area contributed by atoms with E-state index in [1.54, 1.807) is 0 Å². The first-order chi connectivity index (χ1) is 7.23. The molecule has 3 fully saturated rings. The van der Waals surface area contributed by atoms with Crippen molar-refractivity contribution in [2.24, 2.45) is 0 Å². The lowest BCUT2D eigenvalue weighted by molar-refractivity contribution is -0.135. The van der Waals surface area contributed by atoms with E-state index in [1.165, 1.54) is 0 Å². The van der Waals surface area contributed by atoms with Crippen molar-refractivity contribution in [3.8, 4) is 0 Å². The van der Waals surface area contributed by atoms with E-state index in [0.717, 1.165) is 32.3 Å². The SMILES string of the molecule is CC1NC2(CC2)C(=O)N1C1CCCOC1. The number of rotatable bonds is 1. The summed E-state index contributed by atoms with van der Waals surface area (Å²) in [7, 11) is 0. The van der Waals surface area contributed by atoms with E-state index in [9.17, 15) is 4.79 Å². The average molecular weight is 210 g/mol. The van der Waals surface area contributed by atoms with Crippen LogP contribution >= 0.6 is 0 Å². The fourth-order valence-electron chi connectivity index (χ4n) is 2.86. The van der Waals surface area contributed by atoms with E-state index in [2.05, 4.69) is 12.2 Å². The molecule has 1 amide bonds. The van der Waals surface area contributed by atoms with Crippen LogP contribution in [-0.4, -0.2) is 41.8 Å². The van der Waals surface area contributed by atoms with E-state index in [0.29, 0.717) is 18.6 Å². The van der Waals surface area contributed by atoms with E-state index in [1.807, 2.05) is 4.90 Å². The van der Waals surface area contributed by atoms with Gasteiger partial charge in [0, 0.05) is 6.61 Å². The van der Waals surface area contributed by atoms with Gasteiger partial charge in [-0.2, -0.15) is 0 Å². The van der Waals surface area contributed by atoms with Crippen LogP contribution < -0.4 is 5.32 Å². The highest BCUT2D eigenvalue weighted by atomic mass is 16.5. The molecule has 4 nitrogen and oxygen atoms in total. The summed E-state index contributed by atoms with van der Waals surface area (Å²) < 4.78 is 5.46. The van der Waals surface area contributed by atoms with Crippen LogP contribution in [0.2, 0.25) is 0 Å². The van der Waals surface area contributed by atoms with Crippen LogP contribution in [0.15, 0.2) is 0 Å². The molecule has 15 heavy (non-hydrogen) atoms. The summed E-state index contributed by atoms with van der Waals surface area (Å²) in [6.07, 6.45) is 4.38. The number of amides is 1. The predicted octanol–water partition coefficient (Wildman–Crippen LogP) is 0.476. The second-order valence-electron chi connectivity index (χ2n) is 4.99. The first kappa shape index (κ1) is 9.60. The standard InChI is InChI=1S/C11H18N2O2/c1-8-12-11(4-5-11)10(14)13(8)9-3-2-6-15-7-9/h8-9,12H,2-7H2,1H3. The van der Waals surface area contributed by atoms with Gasteiger partial charge in [0.2, 0.25) is 5.91 Å². The van der Waals surface area contributed by atoms with Crippen molar-refractivity contribution < 1.29 is 9.53 Å². The van der Waals surface area contributed by atoms with Gasteiger partial charge in [-0.1, -0.05) is 0 Å². The highest BCUT2D eigenvalue weighted by Crippen LogP contribution is 2.43. The highest BCUT2D eigenvalue weighted by Gasteiger charge is 2.59. The number of carbonyl (C=O) groups is 1. The van der Waals surface area contributed by atoms with Crippen molar-refractivity contribution in [2.75, 3.05) is 13.2 Å². The lowest BCUT2D eigenvalue weighted by Gasteiger charge is -2.33. The molecular weight excluding hydrogens is 192 g/mol. The molecule has 3 rings (SSSR count). The lowest BCUT2D eigenvalue weighted by Crippen LogP contribution is -2.47. The van der Waals surface area contributed by atoms with Crippen LogP contribution in [0, 0.1) is 0 Å². The van der Waals surface area contributed by atoms with Gasteiger partial charge in [0.1, 0.15) is 0 Å². The minimum absolute atomic E-state index is 0.170. The summed E-state index contributed by atoms with van der Waals surface area (Å²) in [6, 6.07) is 0.300. The van der Waals surface area contributed by atoms with E-state index < -0.39 is 0 Å². The number of hydrogen-bond acceptors (Lipinski definition) is 3. The van der Waals surface area contributed by atoms with E-state index >= 15 is 0 Å². The number of carbonyl (C=O) groups excluding carboxylic acids is 1. The Morgan fingerprint density at radius 3 is 2.87 bits per heavy atom. The van der Waals surface area contributed by atoms with Crippen molar-refractivity contribution in [1.82, 2.24) is 10.2 Å². The molecule has 2 heterocycles. The van der Waals surface area contributed by atoms with Crippen molar-refractivity contribution in [3.63, 3.8) is 0 Å². The van der Waals surface area contributed by atoms with E-state index in [-0.39, 0.29) is 11.7 Å². The van der Waals surface area contributed by atoms with Gasteiger partial charge in [0.25, 0.3) is 0 Å². The van der Waals surface area contributed by atoms with E-state index in [4.69, 9.17) is 4.74 Å². The maximum absolute atomic E-state index is 12.2. The Balaban J connectivity index is 1.76. The molecule has 2 saturated heterocycles. The number of nitrogens with one attached hydrogen (secondary N) is 1. The summed E-state index contributed by atoms with van der Waals surface area (Å²) in [6.45, 7) is 3.65. The zero-order chi connectivity index (χ0) is 10.5. The Morgan fingerprint density at radius 1 is 1.53 bits per heavy atom. The largest absolute Gasteiger partial charge is 0.379 e. The molecule has 2 atom stereocenters. The molecule has 0 radical (unpaired) electrons. The molecule has 1 aliphatic carbocycles. The first-order valence-electron chi connectivity index (χ1n) is 5.91. The van der Waals surface area contributed by atoms with Crippen molar-refractivity contribution in [2.45, 2.75) is 50.4 Å². The maximum Gasteiger partial charge on any atom is 0.244 e. The Labute approximate surface area is 90.0 Å². The van der Waals surface area contributed by atoms with Gasteiger partial charge in [-0.25, -0.2) is 0 Å². The van der Waals surface area contributed by atoms with Crippen LogP contribution in [0.3, 0.4) is 0 Å². The van der Waals surface area contributed by atoms with Gasteiger partial charge >= 0.3 is 0 Å². The summed E-state index contributed by atoms with van der Waals surface area (Å²) in [4.78, 5) is 14.2. The second-order valence-corrected chi connectivity index (χ2v) is 4.99. The van der Waals surface area contributed by atoms with Crippen LogP contribution in [-0.2, 0) is 9.53 Å². The minimum atomic E-state index is -0.170. The molecule has 2 unspecified atom stereocenters. The highest BCUT2D eigenvalue weighted by molar-refractivity contribution is 5.92. The van der Waals surface area contributed by atoms with Gasteiger partial charge in [-0.05, 0) is 32.6 Å². The molecule has 0 aromatic carbocycles. The van der Waals surface area contributed by atoms with Gasteiger partial charge in [-0.15, -0.1) is 0 Å². The zero-order valence-corrected chi connectivity index (χ0v) is 9.16. The van der Waals surface area contributed by atoms with Gasteiger partial charge in [-0.3, -0.25) is 10.1 Å². The maximum atomic E-state index is 12.2. The molecule has 2 aliphatic heterocycles. The monoisotopic (exact) mass is 210 g/mol. The second kappa shape index (κ2) is 3.19. The lowest BCUT2D eigenvalue weighted by atomic mass is 10.1. The summed E-state index contributed by atoms with van der Waals surface area (Å²) in [5.41, 5.74) is -0.170. The van der Waals surface area contributed by atoms with Crippen LogP contribution in [0.25, 0.3) is 0 Å². The van der Waals surface area contributed by atoms with Gasteiger partial charge in [0.05, 0.1) is 24.4 Å². The normalized spacial score (nSPS) is 38.7. The third-order valence-corrected chi connectivity index (χ3v) is 3.83. The van der Waals surface area contributed by atoms with Gasteiger partial charge < -0.3 is 9.64 Å². The summed E-state index contributed by atoms with van der Waals surface area (Å²) >= 11 is 0. The average Bonchev–Trinajstić information content (AvgIpc) is 2.95. The van der Waals surface area contributed by atoms with Crippen LogP contribution in [0.1, 0.15) is 32.6 Å². The number of nitrogens with zero attached hydrogens (tertiary/aromatic N) is 1. The Hall–Kier alpha value is -0.610. The molecule has 3 aliphatic rings. The Kier molecular flexibility index (Phi) is 2.04.